The van der Waals surface area contributed by atoms with Crippen molar-refractivity contribution in [2.45, 2.75) is 6.92 Å². The number of halogens is 1. The number of hydrogen-bond acceptors (Lipinski definition) is 3. The minimum atomic E-state index is -0.627. The van der Waals surface area contributed by atoms with Crippen LogP contribution in [0.25, 0.3) is 0 Å². The first-order chi connectivity index (χ1) is 5.70. The molecule has 0 atom stereocenters. The predicted octanol–water partition coefficient (Wildman–Crippen LogP) is 1.68. The number of para-hydroxylation sites is 1. The summed E-state index contributed by atoms with van der Waals surface area (Å²) in [6, 6.07) is 5.65. The van der Waals surface area contributed by atoms with Gasteiger partial charge in [-0.2, -0.15) is 0 Å². The first-order valence-electron chi connectivity index (χ1n) is 3.30. The zero-order valence-corrected chi connectivity index (χ0v) is 6.41. The molecule has 1 aromatic carbocycles. The van der Waals surface area contributed by atoms with E-state index in [-0.39, 0.29) is 5.75 Å². The summed E-state index contributed by atoms with van der Waals surface area (Å²) in [7, 11) is 0. The fourth-order valence-electron chi connectivity index (χ4n) is 0.616. The summed E-state index contributed by atoms with van der Waals surface area (Å²) in [5.41, 5.74) is 0. The van der Waals surface area contributed by atoms with E-state index in [2.05, 4.69) is 9.78 Å². The third kappa shape index (κ3) is 2.23. The number of benzene rings is 1. The molecule has 3 nitrogen and oxygen atoms in total. The lowest BCUT2D eigenvalue weighted by Gasteiger charge is -2.01. The van der Waals surface area contributed by atoms with Crippen molar-refractivity contribution < 1.29 is 19.0 Å². The average Bonchev–Trinajstić information content (AvgIpc) is 2.03. The van der Waals surface area contributed by atoms with Crippen LogP contribution >= 0.6 is 0 Å². The van der Waals surface area contributed by atoms with Crippen molar-refractivity contribution in [2.24, 2.45) is 0 Å². The van der Waals surface area contributed by atoms with E-state index in [1.807, 2.05) is 0 Å². The van der Waals surface area contributed by atoms with Gasteiger partial charge in [-0.1, -0.05) is 12.1 Å². The molecule has 0 bridgehead atoms. The Hall–Kier alpha value is -1.58. The molecule has 1 rings (SSSR count). The van der Waals surface area contributed by atoms with Crippen molar-refractivity contribution in [3.05, 3.63) is 30.1 Å². The molecule has 12 heavy (non-hydrogen) atoms. The number of carbonyl (C=O) groups excluding carboxylic acids is 1. The molecule has 0 spiro atoms. The van der Waals surface area contributed by atoms with Crippen LogP contribution in [0, 0.1) is 5.82 Å². The van der Waals surface area contributed by atoms with Crippen molar-refractivity contribution in [3.63, 3.8) is 0 Å². The van der Waals surface area contributed by atoms with E-state index in [1.54, 1.807) is 6.07 Å². The molecule has 0 saturated heterocycles. The van der Waals surface area contributed by atoms with Gasteiger partial charge in [-0.25, -0.2) is 9.18 Å². The van der Waals surface area contributed by atoms with Crippen molar-refractivity contribution in [3.8, 4) is 5.75 Å². The molecule has 0 aliphatic carbocycles. The highest BCUT2D eigenvalue weighted by Crippen LogP contribution is 2.15. The van der Waals surface area contributed by atoms with Crippen molar-refractivity contribution in [1.29, 1.82) is 0 Å². The Morgan fingerprint density at radius 3 is 2.67 bits per heavy atom. The van der Waals surface area contributed by atoms with Gasteiger partial charge in [0, 0.05) is 6.92 Å². The van der Waals surface area contributed by atoms with Crippen molar-refractivity contribution >= 4 is 5.97 Å². The molecule has 0 fully saturated rings. The second-order valence-corrected chi connectivity index (χ2v) is 2.09. The van der Waals surface area contributed by atoms with E-state index in [0.717, 1.165) is 0 Å². The molecule has 0 saturated carbocycles. The third-order valence-corrected chi connectivity index (χ3v) is 1.09. The van der Waals surface area contributed by atoms with Gasteiger partial charge in [0.05, 0.1) is 0 Å². The van der Waals surface area contributed by atoms with E-state index in [0.29, 0.717) is 0 Å². The van der Waals surface area contributed by atoms with Crippen LogP contribution in [0.15, 0.2) is 24.3 Å². The van der Waals surface area contributed by atoms with Crippen LogP contribution in [0.5, 0.6) is 5.75 Å². The van der Waals surface area contributed by atoms with E-state index in [1.165, 1.54) is 25.1 Å². The SMILES string of the molecule is CC(=O)OOc1ccccc1F. The highest BCUT2D eigenvalue weighted by molar-refractivity contribution is 5.65. The Labute approximate surface area is 68.6 Å². The van der Waals surface area contributed by atoms with Gasteiger partial charge in [0.25, 0.3) is 0 Å². The quantitative estimate of drug-likeness (QED) is 0.500. The zero-order valence-electron chi connectivity index (χ0n) is 6.41. The Balaban J connectivity index is 2.63. The first kappa shape index (κ1) is 8.52. The minimum Gasteiger partial charge on any atom is -0.284 e. The van der Waals surface area contributed by atoms with Gasteiger partial charge in [0.2, 0.25) is 5.75 Å². The van der Waals surface area contributed by atoms with Crippen LogP contribution in [-0.4, -0.2) is 5.97 Å². The predicted molar refractivity (Wildman–Crippen MR) is 38.8 cm³/mol. The van der Waals surface area contributed by atoms with Crippen LogP contribution in [0.2, 0.25) is 0 Å². The van der Waals surface area contributed by atoms with Gasteiger partial charge in [-0.3, -0.25) is 9.78 Å². The van der Waals surface area contributed by atoms with Crippen LogP contribution < -0.4 is 4.89 Å². The highest BCUT2D eigenvalue weighted by atomic mass is 19.1. The molecule has 0 aliphatic rings. The lowest BCUT2D eigenvalue weighted by Crippen LogP contribution is -2.03. The van der Waals surface area contributed by atoms with Gasteiger partial charge in [-0.05, 0) is 12.1 Å². The van der Waals surface area contributed by atoms with Crippen LogP contribution in [-0.2, 0) is 9.68 Å². The fourth-order valence-corrected chi connectivity index (χ4v) is 0.616. The third-order valence-electron chi connectivity index (χ3n) is 1.09. The van der Waals surface area contributed by atoms with E-state index in [9.17, 15) is 9.18 Å². The first-order valence-corrected chi connectivity index (χ1v) is 3.30. The zero-order chi connectivity index (χ0) is 8.97. The molecular formula is C8H7FO3. The lowest BCUT2D eigenvalue weighted by molar-refractivity contribution is -0.211. The van der Waals surface area contributed by atoms with Gasteiger partial charge in [0.1, 0.15) is 0 Å². The maximum Gasteiger partial charge on any atom is 0.352 e. The molecule has 0 N–H and O–H groups in total. The number of hydrogen-bond donors (Lipinski definition) is 0. The smallest absolute Gasteiger partial charge is 0.284 e. The Morgan fingerprint density at radius 2 is 2.08 bits per heavy atom. The van der Waals surface area contributed by atoms with Crippen LogP contribution in [0.1, 0.15) is 6.92 Å². The van der Waals surface area contributed by atoms with Crippen LogP contribution in [0.3, 0.4) is 0 Å². The van der Waals surface area contributed by atoms with E-state index < -0.39 is 11.8 Å². The molecule has 4 heteroatoms. The second-order valence-electron chi connectivity index (χ2n) is 2.09. The maximum absolute atomic E-state index is 12.7. The van der Waals surface area contributed by atoms with Gasteiger partial charge < -0.3 is 0 Å². The summed E-state index contributed by atoms with van der Waals surface area (Å²) in [5.74, 6) is -1.30. The topological polar surface area (TPSA) is 35.5 Å². The molecule has 0 aliphatic heterocycles. The molecule has 64 valence electrons. The molecule has 0 radical (unpaired) electrons. The Kier molecular flexibility index (Phi) is 2.63. The molecule has 1 aromatic rings. The summed E-state index contributed by atoms with van der Waals surface area (Å²) in [5, 5.41) is 0. The summed E-state index contributed by atoms with van der Waals surface area (Å²) >= 11 is 0. The monoisotopic (exact) mass is 170 g/mol. The number of carbonyl (C=O) groups is 1. The summed E-state index contributed by atoms with van der Waals surface area (Å²) in [6.07, 6.45) is 0. The van der Waals surface area contributed by atoms with E-state index in [4.69, 9.17) is 0 Å². The fraction of sp³-hybridized carbons (Fsp3) is 0.125. The van der Waals surface area contributed by atoms with E-state index >= 15 is 0 Å². The molecular weight excluding hydrogens is 163 g/mol. The molecule has 0 heterocycles. The standard InChI is InChI=1S/C8H7FO3/c1-6(10)11-12-8-5-3-2-4-7(8)9/h2-5H,1H3. The Morgan fingerprint density at radius 1 is 1.42 bits per heavy atom. The van der Waals surface area contributed by atoms with Crippen molar-refractivity contribution in [1.82, 2.24) is 0 Å². The maximum atomic E-state index is 12.7. The average molecular weight is 170 g/mol. The molecule has 0 amide bonds. The second kappa shape index (κ2) is 3.71. The lowest BCUT2D eigenvalue weighted by atomic mass is 10.3. The van der Waals surface area contributed by atoms with Crippen molar-refractivity contribution in [2.75, 3.05) is 0 Å². The largest absolute Gasteiger partial charge is 0.352 e. The molecule has 0 aromatic heterocycles. The van der Waals surface area contributed by atoms with Gasteiger partial charge >= 0.3 is 5.97 Å². The number of rotatable bonds is 2. The van der Waals surface area contributed by atoms with Gasteiger partial charge in [-0.15, -0.1) is 0 Å². The Bertz CT molecular complexity index is 285. The van der Waals surface area contributed by atoms with Gasteiger partial charge in [0.15, 0.2) is 5.82 Å². The summed E-state index contributed by atoms with van der Waals surface area (Å²) in [6.45, 7) is 1.17. The highest BCUT2D eigenvalue weighted by Gasteiger charge is 2.03. The molecule has 0 unspecified atom stereocenters. The van der Waals surface area contributed by atoms with Crippen LogP contribution in [0.4, 0.5) is 4.39 Å². The summed E-state index contributed by atoms with van der Waals surface area (Å²) in [4.78, 5) is 18.8. The summed E-state index contributed by atoms with van der Waals surface area (Å²) < 4.78 is 12.7. The minimum absolute atomic E-state index is 0.104. The normalized spacial score (nSPS) is 9.17.